The molecule has 1 aromatic heterocycles. The summed E-state index contributed by atoms with van der Waals surface area (Å²) in [5.74, 6) is 1.67. The number of ether oxygens (including phenoxy) is 1. The van der Waals surface area contributed by atoms with E-state index in [1.807, 2.05) is 62.6 Å². The minimum atomic E-state index is -0.195. The van der Waals surface area contributed by atoms with Gasteiger partial charge in [-0.1, -0.05) is 30.3 Å². The van der Waals surface area contributed by atoms with E-state index in [0.717, 1.165) is 21.8 Å². The van der Waals surface area contributed by atoms with Crippen LogP contribution in [0.2, 0.25) is 0 Å². The second-order valence-corrected chi connectivity index (χ2v) is 7.89. The molecule has 29 heavy (non-hydrogen) atoms. The lowest BCUT2D eigenvalue weighted by Crippen LogP contribution is -2.34. The Bertz CT molecular complexity index is 907. The second-order valence-electron chi connectivity index (χ2n) is 6.84. The van der Waals surface area contributed by atoms with Crippen LogP contribution in [-0.4, -0.2) is 38.6 Å². The number of nitrogens with one attached hydrogen (secondary N) is 1. The van der Waals surface area contributed by atoms with Gasteiger partial charge in [-0.25, -0.2) is 0 Å². The van der Waals surface area contributed by atoms with E-state index in [-0.39, 0.29) is 11.9 Å². The Labute approximate surface area is 176 Å². The molecule has 152 valence electrons. The van der Waals surface area contributed by atoms with E-state index in [1.165, 1.54) is 0 Å². The number of furan rings is 1. The first-order valence-corrected chi connectivity index (χ1v) is 10.4. The molecule has 3 aromatic rings. The molecule has 1 N–H and O–H groups in total. The van der Waals surface area contributed by atoms with E-state index < -0.39 is 0 Å². The van der Waals surface area contributed by atoms with Crippen molar-refractivity contribution >= 4 is 17.7 Å². The van der Waals surface area contributed by atoms with E-state index >= 15 is 0 Å². The summed E-state index contributed by atoms with van der Waals surface area (Å²) >= 11 is 1.68. The monoisotopic (exact) mass is 410 g/mol. The van der Waals surface area contributed by atoms with E-state index in [1.54, 1.807) is 25.1 Å². The molecule has 2 aromatic carbocycles. The molecule has 0 saturated heterocycles. The van der Waals surface area contributed by atoms with E-state index in [0.29, 0.717) is 18.1 Å². The summed E-state index contributed by atoms with van der Waals surface area (Å²) in [6, 6.07) is 19.9. The standard InChI is InChI=1S/C23H26N2O3S/c1-25(2)21(17-9-11-19(27-3)12-10-17)15-24-23(26)22-18(13-14-28-22)16-29-20-7-5-4-6-8-20/h4-14,21H,15-16H2,1-3H3,(H,24,26). The van der Waals surface area contributed by atoms with Crippen molar-refractivity contribution in [2.24, 2.45) is 0 Å². The maximum atomic E-state index is 12.7. The van der Waals surface area contributed by atoms with Gasteiger partial charge >= 0.3 is 0 Å². The Morgan fingerprint density at radius 2 is 1.83 bits per heavy atom. The van der Waals surface area contributed by atoms with Gasteiger partial charge in [0.05, 0.1) is 19.4 Å². The normalized spacial score (nSPS) is 12.0. The molecule has 6 heteroatoms. The number of thioether (sulfide) groups is 1. The number of hydrogen-bond donors (Lipinski definition) is 1. The summed E-state index contributed by atoms with van der Waals surface area (Å²) in [4.78, 5) is 16.0. The number of likely N-dealkylation sites (N-methyl/N-ethyl adjacent to an activating group) is 1. The summed E-state index contributed by atoms with van der Waals surface area (Å²) in [6.07, 6.45) is 1.57. The molecule has 0 aliphatic carbocycles. The highest BCUT2D eigenvalue weighted by atomic mass is 32.2. The maximum absolute atomic E-state index is 12.7. The number of rotatable bonds is 9. The topological polar surface area (TPSA) is 54.7 Å². The second kappa shape index (κ2) is 10.2. The van der Waals surface area contributed by atoms with Crippen LogP contribution in [0.25, 0.3) is 0 Å². The summed E-state index contributed by atoms with van der Waals surface area (Å²) in [7, 11) is 5.64. The highest BCUT2D eigenvalue weighted by Crippen LogP contribution is 2.25. The minimum Gasteiger partial charge on any atom is -0.497 e. The Kier molecular flexibility index (Phi) is 7.38. The zero-order valence-corrected chi connectivity index (χ0v) is 17.7. The molecule has 0 fully saturated rings. The van der Waals surface area contributed by atoms with Crippen LogP contribution >= 0.6 is 11.8 Å². The Hall–Kier alpha value is -2.70. The number of hydrogen-bond acceptors (Lipinski definition) is 5. The molecule has 1 amide bonds. The molecule has 0 aliphatic rings. The Morgan fingerprint density at radius 1 is 1.10 bits per heavy atom. The molecule has 1 atom stereocenters. The summed E-state index contributed by atoms with van der Waals surface area (Å²) in [5.41, 5.74) is 2.00. The van der Waals surface area contributed by atoms with Gasteiger partial charge in [0.15, 0.2) is 5.76 Å². The van der Waals surface area contributed by atoms with E-state index in [9.17, 15) is 4.79 Å². The van der Waals surface area contributed by atoms with Gasteiger partial charge in [0.2, 0.25) is 0 Å². The van der Waals surface area contributed by atoms with Gasteiger partial charge in [-0.2, -0.15) is 0 Å². The highest BCUT2D eigenvalue weighted by Gasteiger charge is 2.19. The van der Waals surface area contributed by atoms with Crippen molar-refractivity contribution in [3.63, 3.8) is 0 Å². The summed E-state index contributed by atoms with van der Waals surface area (Å²) in [5, 5.41) is 3.02. The van der Waals surface area contributed by atoms with Crippen molar-refractivity contribution in [3.05, 3.63) is 83.8 Å². The number of methoxy groups -OCH3 is 1. The molecule has 1 heterocycles. The SMILES string of the molecule is COc1ccc(C(CNC(=O)c2occc2CSc2ccccc2)N(C)C)cc1. The lowest BCUT2D eigenvalue weighted by molar-refractivity contribution is 0.0913. The van der Waals surface area contributed by atoms with Crippen molar-refractivity contribution in [2.45, 2.75) is 16.7 Å². The predicted molar refractivity (Wildman–Crippen MR) is 116 cm³/mol. The molecule has 1 unspecified atom stereocenters. The largest absolute Gasteiger partial charge is 0.497 e. The van der Waals surface area contributed by atoms with Crippen LogP contribution < -0.4 is 10.1 Å². The first kappa shape index (κ1) is 21.0. The lowest BCUT2D eigenvalue weighted by atomic mass is 10.1. The Balaban J connectivity index is 1.62. The molecule has 3 rings (SSSR count). The van der Waals surface area contributed by atoms with Crippen LogP contribution in [0.15, 0.2) is 76.2 Å². The molecule has 0 spiro atoms. The third-order valence-electron chi connectivity index (χ3n) is 4.67. The third kappa shape index (κ3) is 5.65. The van der Waals surface area contributed by atoms with Crippen molar-refractivity contribution in [2.75, 3.05) is 27.7 Å². The lowest BCUT2D eigenvalue weighted by Gasteiger charge is -2.25. The quantitative estimate of drug-likeness (QED) is 0.522. The van der Waals surface area contributed by atoms with Crippen LogP contribution in [-0.2, 0) is 5.75 Å². The number of amides is 1. The van der Waals surface area contributed by atoms with Crippen LogP contribution in [0, 0.1) is 0 Å². The van der Waals surface area contributed by atoms with Gasteiger partial charge in [-0.3, -0.25) is 4.79 Å². The summed E-state index contributed by atoms with van der Waals surface area (Å²) < 4.78 is 10.7. The van der Waals surface area contributed by atoms with Crippen LogP contribution in [0.5, 0.6) is 5.75 Å². The molecule has 0 bridgehead atoms. The average molecular weight is 411 g/mol. The van der Waals surface area contributed by atoms with Gasteiger partial charge in [0.25, 0.3) is 5.91 Å². The molecule has 5 nitrogen and oxygen atoms in total. The number of nitrogens with zero attached hydrogens (tertiary/aromatic N) is 1. The molecular formula is C23H26N2O3S. The minimum absolute atomic E-state index is 0.0435. The fourth-order valence-corrected chi connectivity index (χ4v) is 3.92. The zero-order chi connectivity index (χ0) is 20.6. The molecule has 0 aliphatic heterocycles. The van der Waals surface area contributed by atoms with E-state index in [4.69, 9.17) is 9.15 Å². The highest BCUT2D eigenvalue weighted by molar-refractivity contribution is 7.98. The van der Waals surface area contributed by atoms with Gasteiger partial charge in [-0.15, -0.1) is 11.8 Å². The first-order chi connectivity index (χ1) is 14.1. The zero-order valence-electron chi connectivity index (χ0n) is 16.9. The van der Waals surface area contributed by atoms with Crippen LogP contribution in [0.4, 0.5) is 0 Å². The van der Waals surface area contributed by atoms with Crippen LogP contribution in [0.1, 0.15) is 27.7 Å². The van der Waals surface area contributed by atoms with Gasteiger partial charge in [-0.05, 0) is 50.0 Å². The molecular weight excluding hydrogens is 384 g/mol. The first-order valence-electron chi connectivity index (χ1n) is 9.41. The fraction of sp³-hybridized carbons (Fsp3) is 0.261. The van der Waals surface area contributed by atoms with Gasteiger partial charge in [0.1, 0.15) is 5.75 Å². The number of carbonyl (C=O) groups excluding carboxylic acids is 1. The maximum Gasteiger partial charge on any atom is 0.287 e. The van der Waals surface area contributed by atoms with Crippen LogP contribution in [0.3, 0.4) is 0 Å². The number of carbonyl (C=O) groups is 1. The molecule has 0 saturated carbocycles. The predicted octanol–water partition coefficient (Wildman–Crippen LogP) is 4.61. The van der Waals surface area contributed by atoms with E-state index in [2.05, 4.69) is 22.3 Å². The third-order valence-corrected chi connectivity index (χ3v) is 5.73. The Morgan fingerprint density at radius 3 is 2.48 bits per heavy atom. The van der Waals surface area contributed by atoms with Crippen molar-refractivity contribution in [1.29, 1.82) is 0 Å². The van der Waals surface area contributed by atoms with Crippen molar-refractivity contribution in [1.82, 2.24) is 10.2 Å². The summed E-state index contributed by atoms with van der Waals surface area (Å²) in [6.45, 7) is 0.476. The van der Waals surface area contributed by atoms with Crippen molar-refractivity contribution < 1.29 is 13.9 Å². The van der Waals surface area contributed by atoms with Gasteiger partial charge in [0, 0.05) is 22.8 Å². The molecule has 0 radical (unpaired) electrons. The van der Waals surface area contributed by atoms with Crippen molar-refractivity contribution in [3.8, 4) is 5.75 Å². The number of benzene rings is 2. The van der Waals surface area contributed by atoms with Gasteiger partial charge < -0.3 is 19.4 Å². The fourth-order valence-electron chi connectivity index (χ4n) is 3.02. The average Bonchev–Trinajstić information content (AvgIpc) is 3.22. The smallest absolute Gasteiger partial charge is 0.287 e.